The fourth-order valence-electron chi connectivity index (χ4n) is 5.22. The topological polar surface area (TPSA) is 84.1 Å². The lowest BCUT2D eigenvalue weighted by Gasteiger charge is -2.35. The SMILES string of the molecule is Cc1cc(NC(=O)c2ccc(N)cc2N2CCC3(CC2)CC3)nc(C2CCC(F)(F)CC2)n1. The molecule has 8 heteroatoms. The van der Waals surface area contributed by atoms with Crippen molar-refractivity contribution in [3.8, 4) is 0 Å². The standard InChI is InChI=1S/C25H31F2N5O/c1-16-14-21(30-22(29-16)17-4-6-25(26,27)7-5-17)31-23(33)19-3-2-18(28)15-20(19)32-12-10-24(8-9-24)11-13-32/h2-3,14-15,17H,4-13,28H2,1H3,(H,29,30,31,33). The van der Waals surface area contributed by atoms with Crippen LogP contribution in [0.15, 0.2) is 24.3 Å². The van der Waals surface area contributed by atoms with Crippen molar-refractivity contribution in [3.05, 3.63) is 41.3 Å². The second-order valence-electron chi connectivity index (χ2n) is 10.1. The van der Waals surface area contributed by atoms with E-state index in [0.29, 0.717) is 46.8 Å². The third kappa shape index (κ3) is 4.80. The van der Waals surface area contributed by atoms with E-state index >= 15 is 0 Å². The highest BCUT2D eigenvalue weighted by molar-refractivity contribution is 6.08. The molecule has 5 rings (SSSR count). The smallest absolute Gasteiger partial charge is 0.258 e. The number of carbonyl (C=O) groups excluding carboxylic acids is 1. The minimum absolute atomic E-state index is 0.115. The molecule has 0 atom stereocenters. The van der Waals surface area contributed by atoms with Crippen molar-refractivity contribution in [2.24, 2.45) is 5.41 Å². The summed E-state index contributed by atoms with van der Waals surface area (Å²) in [6.45, 7) is 3.67. The van der Waals surface area contributed by atoms with Crippen molar-refractivity contribution in [2.75, 3.05) is 29.0 Å². The first-order valence-corrected chi connectivity index (χ1v) is 11.9. The molecule has 6 nitrogen and oxygen atoms in total. The van der Waals surface area contributed by atoms with Crippen molar-refractivity contribution in [3.63, 3.8) is 0 Å². The molecule has 3 N–H and O–H groups in total. The molecule has 1 saturated heterocycles. The minimum atomic E-state index is -2.60. The van der Waals surface area contributed by atoms with Gasteiger partial charge in [0.1, 0.15) is 11.6 Å². The van der Waals surface area contributed by atoms with Crippen LogP contribution in [-0.4, -0.2) is 34.9 Å². The average Bonchev–Trinajstić information content (AvgIpc) is 3.52. The van der Waals surface area contributed by atoms with E-state index in [1.54, 1.807) is 18.2 Å². The Hall–Kier alpha value is -2.77. The summed E-state index contributed by atoms with van der Waals surface area (Å²) in [5, 5.41) is 2.92. The predicted octanol–water partition coefficient (Wildman–Crippen LogP) is 5.29. The van der Waals surface area contributed by atoms with Crippen molar-refractivity contribution >= 4 is 23.1 Å². The number of nitrogen functional groups attached to an aromatic ring is 1. The normalized spacial score (nSPS) is 21.7. The van der Waals surface area contributed by atoms with E-state index in [-0.39, 0.29) is 24.7 Å². The molecule has 3 fully saturated rings. The Morgan fingerprint density at radius 2 is 1.76 bits per heavy atom. The Kier molecular flexibility index (Phi) is 5.49. The van der Waals surface area contributed by atoms with E-state index in [2.05, 4.69) is 20.2 Å². The van der Waals surface area contributed by atoms with Gasteiger partial charge in [-0.2, -0.15) is 0 Å². The van der Waals surface area contributed by atoms with Gasteiger partial charge in [0.2, 0.25) is 5.92 Å². The summed E-state index contributed by atoms with van der Waals surface area (Å²) in [4.78, 5) is 24.5. The third-order valence-corrected chi connectivity index (χ3v) is 7.58. The number of amides is 1. The van der Waals surface area contributed by atoms with Crippen molar-refractivity contribution < 1.29 is 13.6 Å². The Morgan fingerprint density at radius 3 is 2.42 bits per heavy atom. The zero-order valence-electron chi connectivity index (χ0n) is 19.0. The molecule has 1 amide bonds. The van der Waals surface area contributed by atoms with Gasteiger partial charge in [0.15, 0.2) is 0 Å². The summed E-state index contributed by atoms with van der Waals surface area (Å²) in [6.07, 6.45) is 5.34. The number of aromatic nitrogens is 2. The fraction of sp³-hybridized carbons (Fsp3) is 0.560. The van der Waals surface area contributed by atoms with Gasteiger partial charge >= 0.3 is 0 Å². The Bertz CT molecular complexity index is 1050. The zero-order chi connectivity index (χ0) is 23.2. The lowest BCUT2D eigenvalue weighted by atomic mass is 9.86. The molecule has 1 aromatic carbocycles. The van der Waals surface area contributed by atoms with Crippen LogP contribution >= 0.6 is 0 Å². The molecule has 2 aromatic rings. The number of benzene rings is 1. The van der Waals surface area contributed by atoms with Crippen molar-refractivity contribution in [1.82, 2.24) is 9.97 Å². The Morgan fingerprint density at radius 1 is 1.06 bits per heavy atom. The number of carbonyl (C=O) groups is 1. The predicted molar refractivity (Wildman–Crippen MR) is 125 cm³/mol. The lowest BCUT2D eigenvalue weighted by Crippen LogP contribution is -2.35. The second kappa shape index (κ2) is 8.22. The van der Waals surface area contributed by atoms with Crippen LogP contribution in [-0.2, 0) is 0 Å². The number of nitrogens with two attached hydrogens (primary N) is 1. The molecule has 1 spiro atoms. The fourth-order valence-corrected chi connectivity index (χ4v) is 5.22. The summed E-state index contributed by atoms with van der Waals surface area (Å²) in [5.74, 6) is -2.04. The largest absolute Gasteiger partial charge is 0.399 e. The first kappa shape index (κ1) is 22.0. The number of nitrogens with zero attached hydrogens (tertiary/aromatic N) is 3. The van der Waals surface area contributed by atoms with Gasteiger partial charge in [-0.3, -0.25) is 4.79 Å². The number of halogens is 2. The van der Waals surface area contributed by atoms with Crippen molar-refractivity contribution in [2.45, 2.75) is 70.1 Å². The molecule has 2 heterocycles. The van der Waals surface area contributed by atoms with Gasteiger partial charge in [0.25, 0.3) is 5.91 Å². The molecule has 33 heavy (non-hydrogen) atoms. The van der Waals surface area contributed by atoms with Crippen LogP contribution < -0.4 is 16.0 Å². The van der Waals surface area contributed by atoms with E-state index in [9.17, 15) is 13.6 Å². The molecule has 176 valence electrons. The zero-order valence-corrected chi connectivity index (χ0v) is 19.0. The number of anilines is 3. The van der Waals surface area contributed by atoms with Crippen LogP contribution in [0.1, 0.15) is 79.2 Å². The van der Waals surface area contributed by atoms with Crippen LogP contribution in [0.25, 0.3) is 0 Å². The number of aryl methyl sites for hydroxylation is 1. The van der Waals surface area contributed by atoms with E-state index < -0.39 is 5.92 Å². The Labute approximate surface area is 193 Å². The van der Waals surface area contributed by atoms with Gasteiger partial charge in [0, 0.05) is 49.3 Å². The first-order valence-electron chi connectivity index (χ1n) is 11.9. The number of hydrogen-bond donors (Lipinski definition) is 2. The third-order valence-electron chi connectivity index (χ3n) is 7.58. The van der Waals surface area contributed by atoms with Crippen LogP contribution in [0.2, 0.25) is 0 Å². The Balaban J connectivity index is 1.34. The molecule has 0 radical (unpaired) electrons. The van der Waals surface area contributed by atoms with E-state index in [0.717, 1.165) is 31.6 Å². The highest BCUT2D eigenvalue weighted by Gasteiger charge is 2.44. The van der Waals surface area contributed by atoms with Crippen LogP contribution in [0, 0.1) is 12.3 Å². The van der Waals surface area contributed by atoms with E-state index in [1.165, 1.54) is 12.8 Å². The minimum Gasteiger partial charge on any atom is -0.399 e. The van der Waals surface area contributed by atoms with Crippen LogP contribution in [0.3, 0.4) is 0 Å². The maximum absolute atomic E-state index is 13.6. The summed E-state index contributed by atoms with van der Waals surface area (Å²) in [6, 6.07) is 7.09. The molecule has 0 unspecified atom stereocenters. The highest BCUT2D eigenvalue weighted by atomic mass is 19.3. The summed E-state index contributed by atoms with van der Waals surface area (Å²) in [7, 11) is 0. The molecule has 2 saturated carbocycles. The number of piperidine rings is 1. The molecule has 2 aliphatic carbocycles. The monoisotopic (exact) mass is 455 g/mol. The maximum Gasteiger partial charge on any atom is 0.258 e. The molecule has 1 aromatic heterocycles. The molecule has 1 aliphatic heterocycles. The lowest BCUT2D eigenvalue weighted by molar-refractivity contribution is -0.0387. The molecular formula is C25H31F2N5O. The quantitative estimate of drug-likeness (QED) is 0.612. The van der Waals surface area contributed by atoms with Crippen molar-refractivity contribution in [1.29, 1.82) is 0 Å². The van der Waals surface area contributed by atoms with E-state index in [4.69, 9.17) is 5.73 Å². The summed E-state index contributed by atoms with van der Waals surface area (Å²) in [5.41, 5.74) is 9.34. The first-order chi connectivity index (χ1) is 15.7. The van der Waals surface area contributed by atoms with Crippen LogP contribution in [0.5, 0.6) is 0 Å². The van der Waals surface area contributed by atoms with Gasteiger partial charge in [-0.15, -0.1) is 0 Å². The van der Waals surface area contributed by atoms with Gasteiger partial charge in [-0.05, 0) is 69.1 Å². The van der Waals surface area contributed by atoms with Gasteiger partial charge in [-0.1, -0.05) is 0 Å². The van der Waals surface area contributed by atoms with Crippen LogP contribution in [0.4, 0.5) is 26.0 Å². The maximum atomic E-state index is 13.6. The summed E-state index contributed by atoms with van der Waals surface area (Å²) < 4.78 is 27.1. The van der Waals surface area contributed by atoms with E-state index in [1.807, 2.05) is 13.0 Å². The van der Waals surface area contributed by atoms with Gasteiger partial charge in [-0.25, -0.2) is 18.7 Å². The highest BCUT2D eigenvalue weighted by Crippen LogP contribution is 2.54. The van der Waals surface area contributed by atoms with Gasteiger partial charge in [0.05, 0.1) is 11.3 Å². The molecular weight excluding hydrogens is 424 g/mol. The molecule has 3 aliphatic rings. The van der Waals surface area contributed by atoms with Gasteiger partial charge < -0.3 is 16.0 Å². The number of nitrogens with one attached hydrogen (secondary N) is 1. The number of rotatable bonds is 4. The second-order valence-corrected chi connectivity index (χ2v) is 10.1. The number of alkyl halides is 2. The number of hydrogen-bond acceptors (Lipinski definition) is 5. The summed E-state index contributed by atoms with van der Waals surface area (Å²) >= 11 is 0. The average molecular weight is 456 g/mol. The molecule has 0 bridgehead atoms.